The summed E-state index contributed by atoms with van der Waals surface area (Å²) in [5, 5.41) is 8.97. The Bertz CT molecular complexity index is 3490. The summed E-state index contributed by atoms with van der Waals surface area (Å²) in [4.78, 5) is 2.33. The molecule has 56 heavy (non-hydrogen) atoms. The van der Waals surface area contributed by atoms with E-state index in [1.807, 2.05) is 24.3 Å². The van der Waals surface area contributed by atoms with Crippen molar-refractivity contribution in [1.82, 2.24) is 0 Å². The molecule has 0 amide bonds. The first kappa shape index (κ1) is 30.9. The van der Waals surface area contributed by atoms with Gasteiger partial charge in [-0.25, -0.2) is 0 Å². The summed E-state index contributed by atoms with van der Waals surface area (Å²) in [5.74, 6) is 0. The highest BCUT2D eigenvalue weighted by Crippen LogP contribution is 2.47. The zero-order valence-corrected chi connectivity index (χ0v) is 30.1. The molecule has 12 aromatic rings. The van der Waals surface area contributed by atoms with E-state index in [4.69, 9.17) is 13.3 Å². The minimum Gasteiger partial charge on any atom is -0.456 e. The zero-order chi connectivity index (χ0) is 36.7. The van der Waals surface area contributed by atoms with Crippen LogP contribution in [0.1, 0.15) is 0 Å². The molecule has 0 saturated carbocycles. The molecule has 9 aromatic carbocycles. The van der Waals surface area contributed by atoms with E-state index in [-0.39, 0.29) is 0 Å². The number of hydrogen-bond acceptors (Lipinski definition) is 4. The fourth-order valence-corrected chi connectivity index (χ4v) is 8.62. The summed E-state index contributed by atoms with van der Waals surface area (Å²) in [6, 6.07) is 66.1. The first-order valence-corrected chi connectivity index (χ1v) is 18.9. The summed E-state index contributed by atoms with van der Waals surface area (Å²) in [6.45, 7) is 0. The molecule has 0 radical (unpaired) electrons. The lowest BCUT2D eigenvalue weighted by Crippen LogP contribution is -2.11. The monoisotopic (exact) mass is 717 g/mol. The van der Waals surface area contributed by atoms with E-state index in [1.54, 1.807) is 0 Å². The second-order valence-corrected chi connectivity index (χ2v) is 14.4. The number of rotatable bonds is 5. The standard InChI is InChI=1S/C52H31NO3/c1-2-12-34-31-50-44(29-33(34)11-1)43-30-35(25-28-49(43)54-50)37-13-3-6-19-45(37)53(46-20-10-18-42-40-15-5-8-22-48(40)56-52(42)46)36-26-23-32(24-27-36)38-16-9-17-41-39-14-4-7-21-47(39)55-51(38)41/h1-31H. The zero-order valence-electron chi connectivity index (χ0n) is 30.1. The van der Waals surface area contributed by atoms with Crippen LogP contribution in [0.25, 0.3) is 98.8 Å². The van der Waals surface area contributed by atoms with Crippen LogP contribution in [0.15, 0.2) is 201 Å². The predicted molar refractivity (Wildman–Crippen MR) is 231 cm³/mol. The van der Waals surface area contributed by atoms with E-state index in [2.05, 4.69) is 169 Å². The Labute approximate surface area is 321 Å². The molecular weight excluding hydrogens is 687 g/mol. The van der Waals surface area contributed by atoms with Crippen LogP contribution in [-0.4, -0.2) is 0 Å². The van der Waals surface area contributed by atoms with Gasteiger partial charge in [-0.3, -0.25) is 0 Å². The number of furan rings is 3. The van der Waals surface area contributed by atoms with E-state index < -0.39 is 0 Å². The van der Waals surface area contributed by atoms with Gasteiger partial charge in [0.05, 0.1) is 11.4 Å². The van der Waals surface area contributed by atoms with E-state index in [1.165, 1.54) is 10.8 Å². The highest BCUT2D eigenvalue weighted by Gasteiger charge is 2.23. The molecular formula is C52H31NO3. The minimum atomic E-state index is 0.836. The van der Waals surface area contributed by atoms with Crippen molar-refractivity contribution < 1.29 is 13.3 Å². The molecule has 0 atom stereocenters. The number of anilines is 3. The number of nitrogens with zero attached hydrogens (tertiary/aromatic N) is 1. The smallest absolute Gasteiger partial charge is 0.159 e. The van der Waals surface area contributed by atoms with Crippen LogP contribution in [-0.2, 0) is 0 Å². The Morgan fingerprint density at radius 1 is 0.304 bits per heavy atom. The van der Waals surface area contributed by atoms with Crippen LogP contribution in [0.3, 0.4) is 0 Å². The van der Waals surface area contributed by atoms with Crippen molar-refractivity contribution in [3.05, 3.63) is 188 Å². The van der Waals surface area contributed by atoms with Gasteiger partial charge < -0.3 is 18.2 Å². The number of para-hydroxylation sites is 5. The Morgan fingerprint density at radius 2 is 0.857 bits per heavy atom. The summed E-state index contributed by atoms with van der Waals surface area (Å²) in [5.41, 5.74) is 12.6. The van der Waals surface area contributed by atoms with Crippen LogP contribution in [0.4, 0.5) is 17.1 Å². The van der Waals surface area contributed by atoms with Crippen molar-refractivity contribution in [1.29, 1.82) is 0 Å². The van der Waals surface area contributed by atoms with Crippen LogP contribution in [0.5, 0.6) is 0 Å². The average molecular weight is 718 g/mol. The molecule has 0 saturated heterocycles. The Balaban J connectivity index is 1.06. The van der Waals surface area contributed by atoms with Crippen LogP contribution in [0.2, 0.25) is 0 Å². The lowest BCUT2D eigenvalue weighted by atomic mass is 9.98. The van der Waals surface area contributed by atoms with Gasteiger partial charge in [-0.15, -0.1) is 0 Å². The fourth-order valence-electron chi connectivity index (χ4n) is 8.62. The van der Waals surface area contributed by atoms with Crippen molar-refractivity contribution in [3.63, 3.8) is 0 Å². The largest absolute Gasteiger partial charge is 0.456 e. The molecule has 0 aliphatic heterocycles. The van der Waals surface area contributed by atoms with Gasteiger partial charge >= 0.3 is 0 Å². The number of hydrogen-bond donors (Lipinski definition) is 0. The maximum absolute atomic E-state index is 6.69. The molecule has 0 aliphatic carbocycles. The lowest BCUT2D eigenvalue weighted by Gasteiger charge is -2.28. The second kappa shape index (κ2) is 12.0. The third-order valence-electron chi connectivity index (χ3n) is 11.3. The number of benzene rings is 9. The Morgan fingerprint density at radius 3 is 1.66 bits per heavy atom. The van der Waals surface area contributed by atoms with Crippen LogP contribution < -0.4 is 4.90 Å². The molecule has 12 rings (SSSR count). The fraction of sp³-hybridized carbons (Fsp3) is 0. The highest BCUT2D eigenvalue weighted by molar-refractivity contribution is 6.13. The van der Waals surface area contributed by atoms with Gasteiger partial charge in [0, 0.05) is 49.1 Å². The Hall–Kier alpha value is -7.56. The maximum atomic E-state index is 6.69. The van der Waals surface area contributed by atoms with E-state index in [9.17, 15) is 0 Å². The van der Waals surface area contributed by atoms with Crippen molar-refractivity contribution in [2.75, 3.05) is 4.90 Å². The molecule has 0 N–H and O–H groups in total. The molecule has 3 heterocycles. The van der Waals surface area contributed by atoms with Crippen LogP contribution >= 0.6 is 0 Å². The van der Waals surface area contributed by atoms with Gasteiger partial charge in [0.25, 0.3) is 0 Å². The second-order valence-electron chi connectivity index (χ2n) is 14.4. The first-order chi connectivity index (χ1) is 27.7. The van der Waals surface area contributed by atoms with Gasteiger partial charge in [0.15, 0.2) is 5.58 Å². The van der Waals surface area contributed by atoms with Gasteiger partial charge in [-0.1, -0.05) is 127 Å². The first-order valence-electron chi connectivity index (χ1n) is 18.9. The summed E-state index contributed by atoms with van der Waals surface area (Å²) < 4.78 is 19.5. The van der Waals surface area contributed by atoms with Gasteiger partial charge in [-0.2, -0.15) is 0 Å². The van der Waals surface area contributed by atoms with Gasteiger partial charge in [0.2, 0.25) is 0 Å². The predicted octanol–water partition coefficient (Wildman–Crippen LogP) is 15.3. The van der Waals surface area contributed by atoms with E-state index >= 15 is 0 Å². The molecule has 262 valence electrons. The van der Waals surface area contributed by atoms with Gasteiger partial charge in [0.1, 0.15) is 27.9 Å². The molecule has 4 nitrogen and oxygen atoms in total. The average Bonchev–Trinajstić information content (AvgIpc) is 3.95. The van der Waals surface area contributed by atoms with E-state index in [0.717, 1.165) is 105 Å². The molecule has 3 aromatic heterocycles. The SMILES string of the molecule is c1ccc(N(c2ccc(-c3cccc4c3oc3ccccc34)cc2)c2cccc3c2oc2ccccc23)c(-c2ccc3oc4cc5ccccc5cc4c3c2)c1. The molecule has 4 heteroatoms. The van der Waals surface area contributed by atoms with E-state index in [0.29, 0.717) is 0 Å². The minimum absolute atomic E-state index is 0.836. The normalized spacial score (nSPS) is 11.9. The third kappa shape index (κ3) is 4.66. The Kier molecular flexibility index (Phi) is 6.60. The van der Waals surface area contributed by atoms with Crippen LogP contribution in [0, 0.1) is 0 Å². The van der Waals surface area contributed by atoms with Gasteiger partial charge in [-0.05, 0) is 82.6 Å². The topological polar surface area (TPSA) is 42.7 Å². The van der Waals surface area contributed by atoms with Crippen molar-refractivity contribution in [2.45, 2.75) is 0 Å². The van der Waals surface area contributed by atoms with Crippen molar-refractivity contribution in [3.8, 4) is 22.3 Å². The molecule has 0 unspecified atom stereocenters. The van der Waals surface area contributed by atoms with Crippen molar-refractivity contribution >= 4 is 93.7 Å². The molecule has 0 aliphatic rings. The summed E-state index contributed by atoms with van der Waals surface area (Å²) in [7, 11) is 0. The molecule has 0 spiro atoms. The maximum Gasteiger partial charge on any atom is 0.159 e. The summed E-state index contributed by atoms with van der Waals surface area (Å²) in [6.07, 6.45) is 0. The molecule has 0 bridgehead atoms. The highest BCUT2D eigenvalue weighted by atomic mass is 16.3. The quantitative estimate of drug-likeness (QED) is 0.178. The number of fused-ring (bicyclic) bond motifs is 10. The third-order valence-corrected chi connectivity index (χ3v) is 11.3. The molecule has 0 fully saturated rings. The lowest BCUT2D eigenvalue weighted by molar-refractivity contribution is 0.669. The summed E-state index contributed by atoms with van der Waals surface area (Å²) >= 11 is 0. The van der Waals surface area contributed by atoms with Crippen molar-refractivity contribution in [2.24, 2.45) is 0 Å².